The summed E-state index contributed by atoms with van der Waals surface area (Å²) in [5.41, 5.74) is -2.63. The summed E-state index contributed by atoms with van der Waals surface area (Å²) >= 11 is 0. The van der Waals surface area contributed by atoms with E-state index in [1.807, 2.05) is 0 Å². The fourth-order valence-electron chi connectivity index (χ4n) is 4.29. The minimum Gasteiger partial charge on any atom is -0.505 e. The number of rotatable bonds is 4. The van der Waals surface area contributed by atoms with Crippen LogP contribution >= 0.6 is 0 Å². The zero-order valence-electron chi connectivity index (χ0n) is 17.8. The number of benzene rings is 4. The van der Waals surface area contributed by atoms with Crippen LogP contribution in [-0.4, -0.2) is 10.2 Å². The molecule has 0 heterocycles. The van der Waals surface area contributed by atoms with Crippen molar-refractivity contribution in [3.8, 4) is 11.5 Å². The fraction of sp³-hybridized carbons (Fsp3) is 0.111. The van der Waals surface area contributed by atoms with E-state index >= 15 is 0 Å². The summed E-state index contributed by atoms with van der Waals surface area (Å²) in [7, 11) is 0. The minimum absolute atomic E-state index is 0.307. The smallest absolute Gasteiger partial charge is 0.170 e. The molecule has 0 unspecified atom stereocenters. The summed E-state index contributed by atoms with van der Waals surface area (Å²) in [6, 6.07) is 18.2. The molecule has 0 aliphatic carbocycles. The van der Waals surface area contributed by atoms with Gasteiger partial charge in [0, 0.05) is 22.3 Å². The quantitative estimate of drug-likeness (QED) is 0.269. The summed E-state index contributed by atoms with van der Waals surface area (Å²) in [5, 5.41) is 21.8. The van der Waals surface area contributed by atoms with Crippen molar-refractivity contribution >= 4 is 0 Å². The third-order valence-corrected chi connectivity index (χ3v) is 6.06. The van der Waals surface area contributed by atoms with Crippen molar-refractivity contribution in [2.24, 2.45) is 0 Å². The van der Waals surface area contributed by atoms with Gasteiger partial charge in [-0.3, -0.25) is 0 Å². The van der Waals surface area contributed by atoms with Crippen molar-refractivity contribution in [3.05, 3.63) is 129 Å². The molecule has 0 aliphatic heterocycles. The normalized spacial score (nSPS) is 11.6. The molecule has 0 saturated heterocycles. The summed E-state index contributed by atoms with van der Waals surface area (Å²) in [6.07, 6.45) is 0. The number of hydrogen-bond donors (Lipinski definition) is 2. The van der Waals surface area contributed by atoms with E-state index in [2.05, 4.69) is 0 Å². The van der Waals surface area contributed by atoms with Crippen LogP contribution in [0.1, 0.15) is 33.4 Å². The van der Waals surface area contributed by atoms with Crippen molar-refractivity contribution in [2.45, 2.75) is 19.3 Å². The Hall–Kier alpha value is -3.80. The van der Waals surface area contributed by atoms with Crippen molar-refractivity contribution in [1.82, 2.24) is 0 Å². The minimum atomic E-state index is -1.86. The van der Waals surface area contributed by atoms with E-state index in [0.29, 0.717) is 11.1 Å². The highest BCUT2D eigenvalue weighted by molar-refractivity contribution is 5.66. The van der Waals surface area contributed by atoms with Crippen molar-refractivity contribution in [3.63, 3.8) is 0 Å². The highest BCUT2D eigenvalue weighted by atomic mass is 19.1. The topological polar surface area (TPSA) is 40.5 Å². The summed E-state index contributed by atoms with van der Waals surface area (Å²) < 4.78 is 59.6. The van der Waals surface area contributed by atoms with E-state index in [-0.39, 0.29) is 11.1 Å². The number of phenols is 2. The second-order valence-corrected chi connectivity index (χ2v) is 7.87. The molecule has 0 aromatic heterocycles. The molecular weight excluding hydrogens is 432 g/mol. The molecule has 0 fully saturated rings. The van der Waals surface area contributed by atoms with Gasteiger partial charge in [0.25, 0.3) is 0 Å². The number of aromatic hydroxyl groups is 2. The first kappa shape index (κ1) is 22.4. The largest absolute Gasteiger partial charge is 0.505 e. The van der Waals surface area contributed by atoms with Gasteiger partial charge in [-0.05, 0) is 37.1 Å². The molecule has 4 aromatic rings. The molecule has 2 N–H and O–H groups in total. The molecule has 0 spiro atoms. The SMILES string of the molecule is Cc1c(F)cc(C(c2ccccc2)(c2ccccc2)c2cc(F)c(C)c(F)c2O)c(O)c1F. The standard InChI is InChI=1S/C27H20F4O2/c1-15-21(28)13-19(25(32)23(15)30)27(17-9-5-3-6-10-17,18-11-7-4-8-12-18)20-14-22(29)16(2)24(31)26(20)33/h3-14,32-33H,1-2H3. The van der Waals surface area contributed by atoms with E-state index in [1.165, 1.54) is 13.8 Å². The van der Waals surface area contributed by atoms with Crippen LogP contribution in [0.25, 0.3) is 0 Å². The molecule has 4 aromatic carbocycles. The lowest BCUT2D eigenvalue weighted by Crippen LogP contribution is -2.32. The molecule has 0 radical (unpaired) electrons. The van der Waals surface area contributed by atoms with E-state index < -0.39 is 51.3 Å². The van der Waals surface area contributed by atoms with Gasteiger partial charge in [-0.2, -0.15) is 0 Å². The zero-order chi connectivity index (χ0) is 23.9. The Morgan fingerprint density at radius 3 is 1.24 bits per heavy atom. The van der Waals surface area contributed by atoms with Crippen molar-refractivity contribution in [1.29, 1.82) is 0 Å². The van der Waals surface area contributed by atoms with Crippen LogP contribution in [0.4, 0.5) is 17.6 Å². The molecule has 4 rings (SSSR count). The predicted octanol–water partition coefficient (Wildman–Crippen LogP) is 6.65. The second kappa shape index (κ2) is 8.28. The van der Waals surface area contributed by atoms with Crippen molar-refractivity contribution < 1.29 is 27.8 Å². The average molecular weight is 452 g/mol. The van der Waals surface area contributed by atoms with Gasteiger partial charge in [0.15, 0.2) is 23.1 Å². The monoisotopic (exact) mass is 452 g/mol. The highest BCUT2D eigenvalue weighted by Crippen LogP contribution is 2.52. The Morgan fingerprint density at radius 2 is 0.909 bits per heavy atom. The van der Waals surface area contributed by atoms with Crippen LogP contribution in [0.15, 0.2) is 72.8 Å². The van der Waals surface area contributed by atoms with Crippen LogP contribution < -0.4 is 0 Å². The molecule has 0 saturated carbocycles. The Balaban J connectivity index is 2.31. The van der Waals surface area contributed by atoms with E-state index in [1.54, 1.807) is 60.7 Å². The van der Waals surface area contributed by atoms with Gasteiger partial charge in [0.1, 0.15) is 11.6 Å². The van der Waals surface area contributed by atoms with E-state index in [4.69, 9.17) is 0 Å². The molecule has 6 heteroatoms. The maximum atomic E-state index is 15.0. The maximum Gasteiger partial charge on any atom is 0.170 e. The van der Waals surface area contributed by atoms with Gasteiger partial charge in [0.2, 0.25) is 0 Å². The van der Waals surface area contributed by atoms with Crippen LogP contribution in [-0.2, 0) is 5.41 Å². The lowest BCUT2D eigenvalue weighted by Gasteiger charge is -2.37. The summed E-state index contributed by atoms with van der Waals surface area (Å²) in [5.74, 6) is -6.08. The third-order valence-electron chi connectivity index (χ3n) is 6.06. The highest BCUT2D eigenvalue weighted by Gasteiger charge is 2.44. The second-order valence-electron chi connectivity index (χ2n) is 7.87. The maximum absolute atomic E-state index is 15.0. The predicted molar refractivity (Wildman–Crippen MR) is 117 cm³/mol. The lowest BCUT2D eigenvalue weighted by atomic mass is 9.64. The van der Waals surface area contributed by atoms with Gasteiger partial charge < -0.3 is 10.2 Å². The first-order chi connectivity index (χ1) is 15.7. The Kier molecular flexibility index (Phi) is 5.62. The molecule has 33 heavy (non-hydrogen) atoms. The van der Waals surface area contributed by atoms with Gasteiger partial charge in [-0.15, -0.1) is 0 Å². The van der Waals surface area contributed by atoms with Crippen LogP contribution in [0.2, 0.25) is 0 Å². The molecule has 0 aliphatic rings. The van der Waals surface area contributed by atoms with Crippen LogP contribution in [0, 0.1) is 37.1 Å². The first-order valence-corrected chi connectivity index (χ1v) is 10.2. The molecule has 2 nitrogen and oxygen atoms in total. The van der Waals surface area contributed by atoms with Gasteiger partial charge in [0.05, 0.1) is 5.41 Å². The molecular formula is C27H20F4O2. The fourth-order valence-corrected chi connectivity index (χ4v) is 4.29. The van der Waals surface area contributed by atoms with Crippen LogP contribution in [0.3, 0.4) is 0 Å². The first-order valence-electron chi connectivity index (χ1n) is 10.2. The third kappa shape index (κ3) is 3.33. The lowest BCUT2D eigenvalue weighted by molar-refractivity contribution is 0.398. The van der Waals surface area contributed by atoms with Gasteiger partial charge >= 0.3 is 0 Å². The summed E-state index contributed by atoms with van der Waals surface area (Å²) in [6.45, 7) is 2.34. The summed E-state index contributed by atoms with van der Waals surface area (Å²) in [4.78, 5) is 0. The van der Waals surface area contributed by atoms with Gasteiger partial charge in [-0.25, -0.2) is 17.6 Å². The Morgan fingerprint density at radius 1 is 0.576 bits per heavy atom. The van der Waals surface area contributed by atoms with Gasteiger partial charge in [-0.1, -0.05) is 60.7 Å². The Labute approximate surface area is 188 Å². The number of halogens is 4. The van der Waals surface area contributed by atoms with Crippen LogP contribution in [0.5, 0.6) is 11.5 Å². The molecule has 0 bridgehead atoms. The van der Waals surface area contributed by atoms with E-state index in [0.717, 1.165) is 12.1 Å². The number of hydrogen-bond acceptors (Lipinski definition) is 2. The Bertz CT molecular complexity index is 1230. The number of phenolic OH excluding ortho intramolecular Hbond substituents is 2. The zero-order valence-corrected chi connectivity index (χ0v) is 17.8. The van der Waals surface area contributed by atoms with Crippen molar-refractivity contribution in [2.75, 3.05) is 0 Å². The molecule has 0 atom stereocenters. The molecule has 168 valence electrons. The van der Waals surface area contributed by atoms with E-state index in [9.17, 15) is 27.8 Å². The average Bonchev–Trinajstić information content (AvgIpc) is 2.84. The molecule has 0 amide bonds.